The number of aromatic nitrogens is 1. The second kappa shape index (κ2) is 7.85. The standard InChI is InChI=1S/C17H15N2O3/c1-22-19(16(13-20)15-9-5-6-12-18-15)17(21)11-10-14-7-3-2-4-8-14/h2-12,16H,1H3. The van der Waals surface area contributed by atoms with Crippen LogP contribution in [0.5, 0.6) is 0 Å². The van der Waals surface area contributed by atoms with Gasteiger partial charge < -0.3 is 0 Å². The molecule has 2 rings (SSSR count). The fraction of sp³-hybridized carbons (Fsp3) is 0.118. The minimum Gasteiger partial charge on any atom is -0.288 e. The van der Waals surface area contributed by atoms with Gasteiger partial charge in [0.1, 0.15) is 0 Å². The van der Waals surface area contributed by atoms with Crippen LogP contribution in [0.25, 0.3) is 6.08 Å². The number of carbonyl (C=O) groups excluding carboxylic acids is 2. The smallest absolute Gasteiger partial charge is 0.271 e. The van der Waals surface area contributed by atoms with E-state index in [1.807, 2.05) is 30.3 Å². The fourth-order valence-electron chi connectivity index (χ4n) is 1.89. The second-order valence-corrected chi connectivity index (χ2v) is 4.37. The van der Waals surface area contributed by atoms with Crippen LogP contribution in [0, 0.1) is 0 Å². The van der Waals surface area contributed by atoms with Gasteiger partial charge in [-0.05, 0) is 23.8 Å². The monoisotopic (exact) mass is 295 g/mol. The Morgan fingerprint density at radius 1 is 1.23 bits per heavy atom. The van der Waals surface area contributed by atoms with Crippen LogP contribution in [-0.4, -0.2) is 29.4 Å². The third-order valence-corrected chi connectivity index (χ3v) is 2.95. The summed E-state index contributed by atoms with van der Waals surface area (Å²) in [6, 6.07) is 13.4. The Morgan fingerprint density at radius 2 is 1.95 bits per heavy atom. The topological polar surface area (TPSA) is 59.5 Å². The number of nitrogens with zero attached hydrogens (tertiary/aromatic N) is 2. The lowest BCUT2D eigenvalue weighted by molar-refractivity contribution is -0.177. The highest BCUT2D eigenvalue weighted by molar-refractivity contribution is 5.92. The lowest BCUT2D eigenvalue weighted by Gasteiger charge is -2.23. The van der Waals surface area contributed by atoms with Crippen molar-refractivity contribution >= 4 is 18.3 Å². The van der Waals surface area contributed by atoms with E-state index in [1.165, 1.54) is 19.4 Å². The van der Waals surface area contributed by atoms with Crippen LogP contribution in [0.3, 0.4) is 0 Å². The molecule has 2 aromatic rings. The molecule has 0 saturated carbocycles. The first kappa shape index (κ1) is 15.6. The molecule has 0 spiro atoms. The molecule has 0 aliphatic rings. The molecule has 0 fully saturated rings. The van der Waals surface area contributed by atoms with E-state index in [0.717, 1.165) is 10.6 Å². The van der Waals surface area contributed by atoms with Crippen molar-refractivity contribution in [3.8, 4) is 0 Å². The minimum absolute atomic E-state index is 0.390. The van der Waals surface area contributed by atoms with Crippen molar-refractivity contribution in [1.29, 1.82) is 0 Å². The summed E-state index contributed by atoms with van der Waals surface area (Å²) in [5.74, 6) is -0.467. The third-order valence-electron chi connectivity index (χ3n) is 2.95. The molecule has 0 aliphatic heterocycles. The summed E-state index contributed by atoms with van der Waals surface area (Å²) >= 11 is 0. The number of rotatable bonds is 6. The molecule has 1 atom stereocenters. The van der Waals surface area contributed by atoms with Gasteiger partial charge in [-0.25, -0.2) is 5.06 Å². The predicted octanol–water partition coefficient (Wildman–Crippen LogP) is 2.34. The number of hydroxylamine groups is 2. The summed E-state index contributed by atoms with van der Waals surface area (Å²) in [6.07, 6.45) is 6.31. The minimum atomic E-state index is -1.01. The molecule has 0 bridgehead atoms. The molecule has 1 heterocycles. The van der Waals surface area contributed by atoms with Gasteiger partial charge in [0.2, 0.25) is 6.29 Å². The number of hydrogen-bond donors (Lipinski definition) is 0. The van der Waals surface area contributed by atoms with Crippen LogP contribution in [0.1, 0.15) is 17.3 Å². The Morgan fingerprint density at radius 3 is 2.55 bits per heavy atom. The molecule has 1 amide bonds. The average molecular weight is 295 g/mol. The highest BCUT2D eigenvalue weighted by Gasteiger charge is 2.25. The summed E-state index contributed by atoms with van der Waals surface area (Å²) in [7, 11) is 1.32. The van der Waals surface area contributed by atoms with Crippen LogP contribution in [0.2, 0.25) is 0 Å². The second-order valence-electron chi connectivity index (χ2n) is 4.37. The first-order valence-corrected chi connectivity index (χ1v) is 6.65. The summed E-state index contributed by atoms with van der Waals surface area (Å²) in [5, 5.41) is 0.939. The van der Waals surface area contributed by atoms with E-state index in [0.29, 0.717) is 5.69 Å². The molecule has 1 unspecified atom stereocenters. The maximum atomic E-state index is 12.2. The van der Waals surface area contributed by atoms with Gasteiger partial charge in [0, 0.05) is 12.3 Å². The maximum absolute atomic E-state index is 12.2. The van der Waals surface area contributed by atoms with Gasteiger partial charge in [0.05, 0.1) is 12.8 Å². The zero-order chi connectivity index (χ0) is 15.8. The van der Waals surface area contributed by atoms with Gasteiger partial charge in [-0.15, -0.1) is 0 Å². The van der Waals surface area contributed by atoms with Crippen molar-refractivity contribution in [2.75, 3.05) is 7.11 Å². The van der Waals surface area contributed by atoms with E-state index in [2.05, 4.69) is 4.98 Å². The van der Waals surface area contributed by atoms with E-state index >= 15 is 0 Å². The van der Waals surface area contributed by atoms with Crippen molar-refractivity contribution in [2.45, 2.75) is 6.04 Å². The Balaban J connectivity index is 2.17. The highest BCUT2D eigenvalue weighted by atomic mass is 16.7. The lowest BCUT2D eigenvalue weighted by Crippen LogP contribution is -2.34. The van der Waals surface area contributed by atoms with Gasteiger partial charge in [-0.3, -0.25) is 19.4 Å². The molecule has 1 aromatic heterocycles. The predicted molar refractivity (Wildman–Crippen MR) is 82.0 cm³/mol. The third kappa shape index (κ3) is 3.86. The number of amides is 1. The summed E-state index contributed by atoms with van der Waals surface area (Å²) in [6.45, 7) is 0. The molecule has 0 aliphatic carbocycles. The fourth-order valence-corrected chi connectivity index (χ4v) is 1.89. The summed E-state index contributed by atoms with van der Waals surface area (Å²) < 4.78 is 0. The van der Waals surface area contributed by atoms with E-state index in [4.69, 9.17) is 4.84 Å². The van der Waals surface area contributed by atoms with Gasteiger partial charge >= 0.3 is 0 Å². The molecular formula is C17H15N2O3. The molecule has 1 radical (unpaired) electrons. The van der Waals surface area contributed by atoms with Crippen LogP contribution in [0.4, 0.5) is 0 Å². The van der Waals surface area contributed by atoms with Crippen molar-refractivity contribution in [3.63, 3.8) is 0 Å². The normalized spacial score (nSPS) is 12.0. The first-order valence-electron chi connectivity index (χ1n) is 6.65. The van der Waals surface area contributed by atoms with E-state index in [9.17, 15) is 9.59 Å². The van der Waals surface area contributed by atoms with Gasteiger partial charge in [0.25, 0.3) is 5.91 Å². The van der Waals surface area contributed by atoms with Gasteiger partial charge in [-0.2, -0.15) is 0 Å². The Kier molecular flexibility index (Phi) is 5.57. The zero-order valence-corrected chi connectivity index (χ0v) is 12.0. The summed E-state index contributed by atoms with van der Waals surface area (Å²) in [5.41, 5.74) is 1.26. The quantitative estimate of drug-likeness (QED) is 0.606. The molecule has 0 saturated heterocycles. The van der Waals surface area contributed by atoms with Crippen molar-refractivity contribution < 1.29 is 14.4 Å². The molecule has 0 N–H and O–H groups in total. The SMILES string of the molecule is CON(C(=O)C=Cc1ccccc1)C([C]=O)c1ccccn1. The van der Waals surface area contributed by atoms with Crippen molar-refractivity contribution in [3.05, 3.63) is 72.1 Å². The van der Waals surface area contributed by atoms with E-state index in [1.54, 1.807) is 30.6 Å². The van der Waals surface area contributed by atoms with Crippen LogP contribution in [0.15, 0.2) is 60.8 Å². The molecule has 5 nitrogen and oxygen atoms in total. The first-order chi connectivity index (χ1) is 10.8. The van der Waals surface area contributed by atoms with Crippen LogP contribution >= 0.6 is 0 Å². The Labute approximate surface area is 128 Å². The average Bonchev–Trinajstić information content (AvgIpc) is 2.59. The Hall–Kier alpha value is -2.79. The van der Waals surface area contributed by atoms with Crippen molar-refractivity contribution in [1.82, 2.24) is 10.0 Å². The van der Waals surface area contributed by atoms with Crippen LogP contribution in [-0.2, 0) is 14.4 Å². The van der Waals surface area contributed by atoms with Crippen molar-refractivity contribution in [2.24, 2.45) is 0 Å². The maximum Gasteiger partial charge on any atom is 0.271 e. The molecular weight excluding hydrogens is 280 g/mol. The zero-order valence-electron chi connectivity index (χ0n) is 12.0. The molecule has 5 heteroatoms. The number of pyridine rings is 1. The molecule has 1 aromatic carbocycles. The number of carbonyl (C=O) groups is 1. The lowest BCUT2D eigenvalue weighted by atomic mass is 10.2. The van der Waals surface area contributed by atoms with Gasteiger partial charge in [0.15, 0.2) is 6.04 Å². The molecule has 111 valence electrons. The Bertz CT molecular complexity index is 641. The summed E-state index contributed by atoms with van der Waals surface area (Å²) in [4.78, 5) is 32.5. The van der Waals surface area contributed by atoms with Gasteiger partial charge in [-0.1, -0.05) is 36.4 Å². The van der Waals surface area contributed by atoms with Crippen LogP contribution < -0.4 is 0 Å². The van der Waals surface area contributed by atoms with E-state index < -0.39 is 11.9 Å². The number of hydrogen-bond acceptors (Lipinski definition) is 4. The largest absolute Gasteiger partial charge is 0.288 e. The van der Waals surface area contributed by atoms with E-state index in [-0.39, 0.29) is 0 Å². The molecule has 22 heavy (non-hydrogen) atoms. The number of benzene rings is 1. The highest BCUT2D eigenvalue weighted by Crippen LogP contribution is 2.17.